The summed E-state index contributed by atoms with van der Waals surface area (Å²) in [6, 6.07) is 6.35. The molecule has 0 unspecified atom stereocenters. The number of likely N-dealkylation sites (N-methyl/N-ethyl adjacent to an activating group) is 2. The van der Waals surface area contributed by atoms with E-state index in [4.69, 9.17) is 0 Å². The van der Waals surface area contributed by atoms with Crippen molar-refractivity contribution in [2.45, 2.75) is 33.7 Å². The van der Waals surface area contributed by atoms with Crippen molar-refractivity contribution in [3.8, 4) is 0 Å². The SMILES string of the molecule is CCNC(=O)CN(CC)C(=O)c1cccc(NC(=O)NC(C)C)c1. The number of anilines is 1. The second-order valence-electron chi connectivity index (χ2n) is 5.61. The summed E-state index contributed by atoms with van der Waals surface area (Å²) in [5, 5.41) is 8.08. The highest BCUT2D eigenvalue weighted by molar-refractivity contribution is 5.98. The minimum absolute atomic E-state index is 0.00860. The van der Waals surface area contributed by atoms with Crippen LogP contribution in [-0.2, 0) is 4.79 Å². The number of hydrogen-bond donors (Lipinski definition) is 3. The number of amides is 4. The van der Waals surface area contributed by atoms with Gasteiger partial charge in [-0.3, -0.25) is 9.59 Å². The van der Waals surface area contributed by atoms with Crippen LogP contribution in [0.15, 0.2) is 24.3 Å². The van der Waals surface area contributed by atoms with Crippen molar-refractivity contribution in [3.63, 3.8) is 0 Å². The van der Waals surface area contributed by atoms with Crippen molar-refractivity contribution in [3.05, 3.63) is 29.8 Å². The number of nitrogens with one attached hydrogen (secondary N) is 3. The van der Waals surface area contributed by atoms with Gasteiger partial charge in [0.05, 0.1) is 6.54 Å². The molecule has 7 heteroatoms. The highest BCUT2D eigenvalue weighted by Crippen LogP contribution is 2.13. The van der Waals surface area contributed by atoms with Crippen LogP contribution in [0.1, 0.15) is 38.1 Å². The number of carbonyl (C=O) groups excluding carboxylic acids is 3. The van der Waals surface area contributed by atoms with Crippen LogP contribution in [0.2, 0.25) is 0 Å². The Hall–Kier alpha value is -2.57. The molecule has 0 bridgehead atoms. The molecular weight excluding hydrogens is 308 g/mol. The number of rotatable bonds is 7. The number of benzene rings is 1. The number of nitrogens with zero attached hydrogens (tertiary/aromatic N) is 1. The van der Waals surface area contributed by atoms with Gasteiger partial charge in [-0.2, -0.15) is 0 Å². The van der Waals surface area contributed by atoms with E-state index < -0.39 is 0 Å². The molecule has 0 heterocycles. The maximum Gasteiger partial charge on any atom is 0.319 e. The lowest BCUT2D eigenvalue weighted by Crippen LogP contribution is -2.40. The monoisotopic (exact) mass is 334 g/mol. The van der Waals surface area contributed by atoms with Crippen LogP contribution >= 0.6 is 0 Å². The topological polar surface area (TPSA) is 90.5 Å². The first-order valence-corrected chi connectivity index (χ1v) is 8.10. The Morgan fingerprint density at radius 3 is 2.46 bits per heavy atom. The van der Waals surface area contributed by atoms with Crippen molar-refractivity contribution in [2.24, 2.45) is 0 Å². The van der Waals surface area contributed by atoms with Crippen LogP contribution in [-0.4, -0.2) is 48.4 Å². The van der Waals surface area contributed by atoms with Gasteiger partial charge < -0.3 is 20.9 Å². The average Bonchev–Trinajstić information content (AvgIpc) is 2.51. The van der Waals surface area contributed by atoms with Crippen LogP contribution in [0.5, 0.6) is 0 Å². The lowest BCUT2D eigenvalue weighted by molar-refractivity contribution is -0.121. The quantitative estimate of drug-likeness (QED) is 0.710. The summed E-state index contributed by atoms with van der Waals surface area (Å²) in [4.78, 5) is 37.4. The molecule has 0 aliphatic rings. The van der Waals surface area contributed by atoms with Crippen LogP contribution in [0, 0.1) is 0 Å². The third-order valence-electron chi connectivity index (χ3n) is 3.16. The van der Waals surface area contributed by atoms with Crippen LogP contribution in [0.25, 0.3) is 0 Å². The predicted octanol–water partition coefficient (Wildman–Crippen LogP) is 1.81. The van der Waals surface area contributed by atoms with Gasteiger partial charge in [0.1, 0.15) is 0 Å². The first kappa shape index (κ1) is 19.5. The van der Waals surface area contributed by atoms with Gasteiger partial charge in [0, 0.05) is 30.4 Å². The summed E-state index contributed by atoms with van der Waals surface area (Å²) in [6.07, 6.45) is 0. The van der Waals surface area contributed by atoms with Crippen molar-refractivity contribution in [1.29, 1.82) is 0 Å². The molecular formula is C17H26N4O3. The summed E-state index contributed by atoms with van der Waals surface area (Å²) >= 11 is 0. The molecule has 0 saturated carbocycles. The standard InChI is InChI=1S/C17H26N4O3/c1-5-18-15(22)11-21(6-2)16(23)13-8-7-9-14(10-13)20-17(24)19-12(3)4/h7-10,12H,5-6,11H2,1-4H3,(H,18,22)(H2,19,20,24). The molecule has 0 aliphatic carbocycles. The zero-order valence-electron chi connectivity index (χ0n) is 14.7. The van der Waals surface area contributed by atoms with Gasteiger partial charge in [-0.05, 0) is 45.9 Å². The van der Waals surface area contributed by atoms with Gasteiger partial charge in [-0.25, -0.2) is 4.79 Å². The first-order chi connectivity index (χ1) is 11.4. The summed E-state index contributed by atoms with van der Waals surface area (Å²) in [5.41, 5.74) is 0.941. The molecule has 0 fully saturated rings. The van der Waals surface area contributed by atoms with Crippen LogP contribution in [0.4, 0.5) is 10.5 Å². The molecule has 7 nitrogen and oxygen atoms in total. The van der Waals surface area contributed by atoms with E-state index >= 15 is 0 Å². The van der Waals surface area contributed by atoms with Gasteiger partial charge in [0.25, 0.3) is 5.91 Å². The zero-order valence-corrected chi connectivity index (χ0v) is 14.7. The van der Waals surface area contributed by atoms with Crippen molar-refractivity contribution in [1.82, 2.24) is 15.5 Å². The van der Waals surface area contributed by atoms with Gasteiger partial charge in [0.15, 0.2) is 0 Å². The molecule has 132 valence electrons. The highest BCUT2D eigenvalue weighted by atomic mass is 16.2. The number of urea groups is 1. The lowest BCUT2D eigenvalue weighted by atomic mass is 10.1. The maximum absolute atomic E-state index is 12.5. The summed E-state index contributed by atoms with van der Waals surface area (Å²) in [7, 11) is 0. The van der Waals surface area contributed by atoms with E-state index in [0.717, 1.165) is 0 Å². The normalized spacial score (nSPS) is 10.2. The Morgan fingerprint density at radius 2 is 1.88 bits per heavy atom. The van der Waals surface area contributed by atoms with E-state index in [2.05, 4.69) is 16.0 Å². The third kappa shape index (κ3) is 6.28. The summed E-state index contributed by atoms with van der Waals surface area (Å²) < 4.78 is 0. The molecule has 1 aromatic carbocycles. The lowest BCUT2D eigenvalue weighted by Gasteiger charge is -2.20. The molecule has 0 spiro atoms. The largest absolute Gasteiger partial charge is 0.355 e. The molecule has 3 N–H and O–H groups in total. The highest BCUT2D eigenvalue weighted by Gasteiger charge is 2.17. The second kappa shape index (κ2) is 9.54. The Bertz CT molecular complexity index is 587. The summed E-state index contributed by atoms with van der Waals surface area (Å²) in [5.74, 6) is -0.449. The number of carbonyl (C=O) groups is 3. The van der Waals surface area contributed by atoms with Gasteiger partial charge >= 0.3 is 6.03 Å². The van der Waals surface area contributed by atoms with Crippen LogP contribution < -0.4 is 16.0 Å². The van der Waals surface area contributed by atoms with Crippen molar-refractivity contribution in [2.75, 3.05) is 25.0 Å². The van der Waals surface area contributed by atoms with E-state index in [1.165, 1.54) is 4.90 Å². The molecule has 0 atom stereocenters. The van der Waals surface area contributed by atoms with Gasteiger partial charge in [-0.15, -0.1) is 0 Å². The summed E-state index contributed by atoms with van der Waals surface area (Å²) in [6.45, 7) is 8.31. The van der Waals surface area contributed by atoms with E-state index in [1.54, 1.807) is 24.3 Å². The molecule has 0 aromatic heterocycles. The maximum atomic E-state index is 12.5. The van der Waals surface area contributed by atoms with E-state index in [1.807, 2.05) is 27.7 Å². The Labute approximate surface area is 142 Å². The Kier molecular flexibility index (Phi) is 7.74. The van der Waals surface area contributed by atoms with E-state index in [9.17, 15) is 14.4 Å². The molecule has 4 amide bonds. The predicted molar refractivity (Wildman–Crippen MR) is 94.0 cm³/mol. The molecule has 1 rings (SSSR count). The Morgan fingerprint density at radius 1 is 1.17 bits per heavy atom. The van der Waals surface area contributed by atoms with Crippen LogP contribution in [0.3, 0.4) is 0 Å². The fourth-order valence-corrected chi connectivity index (χ4v) is 2.10. The smallest absolute Gasteiger partial charge is 0.319 e. The first-order valence-electron chi connectivity index (χ1n) is 8.10. The number of hydrogen-bond acceptors (Lipinski definition) is 3. The van der Waals surface area contributed by atoms with Gasteiger partial charge in [0.2, 0.25) is 5.91 Å². The van der Waals surface area contributed by atoms with E-state index in [0.29, 0.717) is 24.3 Å². The van der Waals surface area contributed by atoms with Crippen molar-refractivity contribution < 1.29 is 14.4 Å². The molecule has 1 aromatic rings. The average molecular weight is 334 g/mol. The molecule has 24 heavy (non-hydrogen) atoms. The fraction of sp³-hybridized carbons (Fsp3) is 0.471. The third-order valence-corrected chi connectivity index (χ3v) is 3.16. The Balaban J connectivity index is 2.81. The van der Waals surface area contributed by atoms with E-state index in [-0.39, 0.29) is 30.4 Å². The van der Waals surface area contributed by atoms with Gasteiger partial charge in [-0.1, -0.05) is 6.07 Å². The molecule has 0 radical (unpaired) electrons. The molecule has 0 aliphatic heterocycles. The fourth-order valence-electron chi connectivity index (χ4n) is 2.10. The zero-order chi connectivity index (χ0) is 18.1. The minimum Gasteiger partial charge on any atom is -0.355 e. The second-order valence-corrected chi connectivity index (χ2v) is 5.61. The molecule has 0 saturated heterocycles. The minimum atomic E-state index is -0.329. The van der Waals surface area contributed by atoms with Crippen molar-refractivity contribution >= 4 is 23.5 Å².